The standard InChI is InChI=1S/C26H29F3O5/c1-2-3-18-33-24(30)16-9-20-7-12-23(13-8-20)34-25(31)21-10-14-22(15-11-21)32-19-6-4-5-17-26(27,28)29/h7-16H,2-6,17-19H2,1H3. The summed E-state index contributed by atoms with van der Waals surface area (Å²) in [5, 5.41) is 0. The van der Waals surface area contributed by atoms with Crippen LogP contribution in [-0.4, -0.2) is 31.3 Å². The molecular weight excluding hydrogens is 449 g/mol. The van der Waals surface area contributed by atoms with Crippen LogP contribution in [0.25, 0.3) is 6.08 Å². The van der Waals surface area contributed by atoms with Gasteiger partial charge in [0.1, 0.15) is 11.5 Å². The van der Waals surface area contributed by atoms with Crippen LogP contribution in [-0.2, 0) is 9.53 Å². The second kappa shape index (κ2) is 14.1. The van der Waals surface area contributed by atoms with E-state index in [1.54, 1.807) is 54.6 Å². The molecule has 184 valence electrons. The highest BCUT2D eigenvalue weighted by Gasteiger charge is 2.25. The van der Waals surface area contributed by atoms with Gasteiger partial charge in [-0.15, -0.1) is 0 Å². The van der Waals surface area contributed by atoms with Crippen LogP contribution in [0.1, 0.15) is 61.4 Å². The molecule has 0 aromatic heterocycles. The fourth-order valence-electron chi connectivity index (χ4n) is 2.82. The Labute approximate surface area is 197 Å². The van der Waals surface area contributed by atoms with E-state index in [4.69, 9.17) is 14.2 Å². The van der Waals surface area contributed by atoms with Crippen molar-refractivity contribution < 1.29 is 37.0 Å². The Morgan fingerprint density at radius 3 is 2.18 bits per heavy atom. The lowest BCUT2D eigenvalue weighted by Gasteiger charge is -2.08. The first kappa shape index (κ1) is 27.0. The molecular formula is C26H29F3O5. The quantitative estimate of drug-likeness (QED) is 0.138. The largest absolute Gasteiger partial charge is 0.494 e. The number of esters is 2. The first-order chi connectivity index (χ1) is 16.3. The molecule has 0 unspecified atom stereocenters. The van der Waals surface area contributed by atoms with Crippen LogP contribution in [0.2, 0.25) is 0 Å². The number of hydrogen-bond donors (Lipinski definition) is 0. The number of carbonyl (C=O) groups excluding carboxylic acids is 2. The van der Waals surface area contributed by atoms with Crippen molar-refractivity contribution in [1.29, 1.82) is 0 Å². The van der Waals surface area contributed by atoms with Gasteiger partial charge in [-0.05, 0) is 73.7 Å². The molecule has 0 radical (unpaired) electrons. The van der Waals surface area contributed by atoms with Crippen LogP contribution < -0.4 is 9.47 Å². The summed E-state index contributed by atoms with van der Waals surface area (Å²) in [6.07, 6.45) is 0.881. The average Bonchev–Trinajstić information content (AvgIpc) is 2.80. The molecule has 0 bridgehead atoms. The van der Waals surface area contributed by atoms with Crippen LogP contribution in [0.3, 0.4) is 0 Å². The van der Waals surface area contributed by atoms with Crippen LogP contribution >= 0.6 is 0 Å². The number of benzene rings is 2. The number of ether oxygens (including phenoxy) is 3. The number of carbonyl (C=O) groups is 2. The minimum Gasteiger partial charge on any atom is -0.494 e. The Balaban J connectivity index is 1.75. The fraction of sp³-hybridized carbons (Fsp3) is 0.385. The lowest BCUT2D eigenvalue weighted by Crippen LogP contribution is -2.08. The van der Waals surface area contributed by atoms with Gasteiger partial charge in [-0.25, -0.2) is 9.59 Å². The zero-order valence-corrected chi connectivity index (χ0v) is 19.1. The van der Waals surface area contributed by atoms with E-state index in [0.29, 0.717) is 43.1 Å². The maximum Gasteiger partial charge on any atom is 0.389 e. The van der Waals surface area contributed by atoms with Crippen LogP contribution in [0, 0.1) is 0 Å². The zero-order valence-electron chi connectivity index (χ0n) is 19.1. The van der Waals surface area contributed by atoms with Crippen molar-refractivity contribution in [2.75, 3.05) is 13.2 Å². The highest BCUT2D eigenvalue weighted by molar-refractivity contribution is 5.91. The normalized spacial score (nSPS) is 11.4. The second-order valence-electron chi connectivity index (χ2n) is 7.61. The highest BCUT2D eigenvalue weighted by atomic mass is 19.4. The Kier molecular flexibility index (Phi) is 11.2. The summed E-state index contributed by atoms with van der Waals surface area (Å²) in [5.74, 6) is -0.0667. The Morgan fingerprint density at radius 2 is 1.53 bits per heavy atom. The lowest BCUT2D eigenvalue weighted by molar-refractivity contribution is -0.138. The molecule has 0 fully saturated rings. The van der Waals surface area contributed by atoms with E-state index in [9.17, 15) is 22.8 Å². The predicted octanol–water partition coefficient (Wildman–Crippen LogP) is 6.76. The predicted molar refractivity (Wildman–Crippen MR) is 123 cm³/mol. The van der Waals surface area contributed by atoms with Gasteiger partial charge >= 0.3 is 18.1 Å². The molecule has 0 aliphatic carbocycles. The first-order valence-electron chi connectivity index (χ1n) is 11.2. The molecule has 2 aromatic rings. The SMILES string of the molecule is CCCCOC(=O)C=Cc1ccc(OC(=O)c2ccc(OCCCCCC(F)(F)F)cc2)cc1. The summed E-state index contributed by atoms with van der Waals surface area (Å²) in [4.78, 5) is 23.9. The van der Waals surface area contributed by atoms with E-state index in [-0.39, 0.29) is 6.42 Å². The Bertz CT molecular complexity index is 919. The molecule has 8 heteroatoms. The molecule has 0 saturated carbocycles. The topological polar surface area (TPSA) is 61.8 Å². The molecule has 0 N–H and O–H groups in total. The number of halogens is 3. The molecule has 2 rings (SSSR count). The number of hydrogen-bond acceptors (Lipinski definition) is 5. The third-order valence-electron chi connectivity index (χ3n) is 4.71. The summed E-state index contributed by atoms with van der Waals surface area (Å²) >= 11 is 0. The van der Waals surface area contributed by atoms with Crippen molar-refractivity contribution in [2.24, 2.45) is 0 Å². The van der Waals surface area contributed by atoms with Gasteiger partial charge in [-0.2, -0.15) is 13.2 Å². The summed E-state index contributed by atoms with van der Waals surface area (Å²) in [6, 6.07) is 13.0. The maximum absolute atomic E-state index is 12.3. The van der Waals surface area contributed by atoms with Gasteiger partial charge in [-0.3, -0.25) is 0 Å². The van der Waals surface area contributed by atoms with Crippen molar-refractivity contribution in [1.82, 2.24) is 0 Å². The molecule has 2 aromatic carbocycles. The molecule has 0 amide bonds. The molecule has 0 aliphatic heterocycles. The van der Waals surface area contributed by atoms with Crippen LogP contribution in [0.4, 0.5) is 13.2 Å². The first-order valence-corrected chi connectivity index (χ1v) is 11.2. The van der Waals surface area contributed by atoms with E-state index in [2.05, 4.69) is 0 Å². The Hall–Kier alpha value is -3.29. The van der Waals surface area contributed by atoms with Crippen molar-refractivity contribution in [3.05, 3.63) is 65.7 Å². The molecule has 0 saturated heterocycles. The second-order valence-corrected chi connectivity index (χ2v) is 7.61. The minimum absolute atomic E-state index is 0.0838. The third-order valence-corrected chi connectivity index (χ3v) is 4.71. The zero-order chi connectivity index (χ0) is 24.8. The highest BCUT2D eigenvalue weighted by Crippen LogP contribution is 2.23. The van der Waals surface area contributed by atoms with Gasteiger partial charge in [0.15, 0.2) is 0 Å². The number of rotatable bonds is 13. The van der Waals surface area contributed by atoms with E-state index < -0.39 is 24.5 Å². The van der Waals surface area contributed by atoms with Crippen LogP contribution in [0.5, 0.6) is 11.5 Å². The smallest absolute Gasteiger partial charge is 0.389 e. The number of alkyl halides is 3. The molecule has 0 heterocycles. The van der Waals surface area contributed by atoms with Gasteiger partial charge in [-0.1, -0.05) is 25.5 Å². The van der Waals surface area contributed by atoms with Gasteiger partial charge in [0.25, 0.3) is 0 Å². The van der Waals surface area contributed by atoms with Gasteiger partial charge in [0.2, 0.25) is 0 Å². The van der Waals surface area contributed by atoms with Gasteiger partial charge < -0.3 is 14.2 Å². The Morgan fingerprint density at radius 1 is 0.853 bits per heavy atom. The lowest BCUT2D eigenvalue weighted by atomic mass is 10.2. The monoisotopic (exact) mass is 478 g/mol. The van der Waals surface area contributed by atoms with E-state index in [1.807, 2.05) is 6.92 Å². The number of unbranched alkanes of at least 4 members (excludes halogenated alkanes) is 3. The molecule has 5 nitrogen and oxygen atoms in total. The average molecular weight is 479 g/mol. The van der Waals surface area contributed by atoms with Crippen molar-refractivity contribution in [3.8, 4) is 11.5 Å². The van der Waals surface area contributed by atoms with Gasteiger partial charge in [0, 0.05) is 12.5 Å². The summed E-state index contributed by atoms with van der Waals surface area (Å²) in [5.41, 5.74) is 1.09. The minimum atomic E-state index is -4.12. The summed E-state index contributed by atoms with van der Waals surface area (Å²) < 4.78 is 52.2. The summed E-state index contributed by atoms with van der Waals surface area (Å²) in [7, 11) is 0. The van der Waals surface area contributed by atoms with Crippen molar-refractivity contribution >= 4 is 18.0 Å². The molecule has 34 heavy (non-hydrogen) atoms. The summed E-state index contributed by atoms with van der Waals surface area (Å²) in [6.45, 7) is 2.71. The molecule has 0 atom stereocenters. The van der Waals surface area contributed by atoms with E-state index in [1.165, 1.54) is 6.08 Å². The fourth-order valence-corrected chi connectivity index (χ4v) is 2.82. The van der Waals surface area contributed by atoms with Crippen molar-refractivity contribution in [3.63, 3.8) is 0 Å². The van der Waals surface area contributed by atoms with E-state index >= 15 is 0 Å². The molecule has 0 spiro atoms. The van der Waals surface area contributed by atoms with E-state index in [0.717, 1.165) is 18.4 Å². The maximum atomic E-state index is 12.3. The van der Waals surface area contributed by atoms with Crippen LogP contribution in [0.15, 0.2) is 54.6 Å². The van der Waals surface area contributed by atoms with Gasteiger partial charge in [0.05, 0.1) is 18.8 Å². The third kappa shape index (κ3) is 11.0. The van der Waals surface area contributed by atoms with Crippen molar-refractivity contribution in [2.45, 2.75) is 51.6 Å². The molecule has 0 aliphatic rings.